The summed E-state index contributed by atoms with van der Waals surface area (Å²) in [5.74, 6) is -1.30. The molecule has 1 aromatic heterocycles. The molecule has 3 aromatic carbocycles. The lowest BCUT2D eigenvalue weighted by Gasteiger charge is -2.19. The number of fused-ring (bicyclic) bond motifs is 1. The maximum Gasteiger partial charge on any atom is 0.245 e. The Kier molecular flexibility index (Phi) is 7.38. The van der Waals surface area contributed by atoms with Gasteiger partial charge in [-0.05, 0) is 59.8 Å². The zero-order valence-electron chi connectivity index (χ0n) is 20.5. The summed E-state index contributed by atoms with van der Waals surface area (Å²) < 4.78 is 68.2. The number of thiophene rings is 1. The molecule has 1 unspecified atom stereocenters. The predicted molar refractivity (Wildman–Crippen MR) is 154 cm³/mol. The van der Waals surface area contributed by atoms with Crippen LogP contribution in [0.15, 0.2) is 77.0 Å². The maximum atomic E-state index is 15.2. The van der Waals surface area contributed by atoms with Crippen LogP contribution in [-0.4, -0.2) is 41.6 Å². The van der Waals surface area contributed by atoms with Gasteiger partial charge in [0.2, 0.25) is 15.9 Å². The average Bonchev–Trinajstić information content (AvgIpc) is 3.44. The Hall–Kier alpha value is -3.09. The van der Waals surface area contributed by atoms with E-state index in [9.17, 15) is 21.6 Å². The van der Waals surface area contributed by atoms with Gasteiger partial charge in [-0.2, -0.15) is 4.72 Å². The SMILES string of the molecule is CS(=O)(=O)c1ccccc1-c1ccc(N2CCC(NS(=O)(=O)/C=C/c3cc4ccc(Cl)cc4s3)C2=O)c(F)c1. The molecule has 1 fully saturated rings. The number of sulfonamides is 1. The molecule has 0 bridgehead atoms. The van der Waals surface area contributed by atoms with E-state index < -0.39 is 37.6 Å². The number of benzene rings is 3. The third kappa shape index (κ3) is 5.92. The molecule has 4 aromatic rings. The molecule has 1 N–H and O–H groups in total. The first-order valence-corrected chi connectivity index (χ1v) is 16.3. The van der Waals surface area contributed by atoms with E-state index in [4.69, 9.17) is 11.6 Å². The standard InChI is InChI=1S/C27H22ClFN2O5S3/c1-38(33,34)26-5-3-2-4-21(26)17-7-9-24(22(29)15-17)31-12-10-23(27(31)32)30-39(35,36)13-11-20-14-18-6-8-19(28)16-25(18)37-20/h2-9,11,13-16,23,30H,10,12H2,1H3/b13-11+. The Balaban J connectivity index is 1.31. The molecule has 1 atom stereocenters. The predicted octanol–water partition coefficient (Wildman–Crippen LogP) is 5.46. The molecule has 0 spiro atoms. The van der Waals surface area contributed by atoms with Crippen molar-refractivity contribution >= 4 is 70.6 Å². The third-order valence-electron chi connectivity index (χ3n) is 6.26. The summed E-state index contributed by atoms with van der Waals surface area (Å²) in [4.78, 5) is 15.0. The van der Waals surface area contributed by atoms with Crippen molar-refractivity contribution in [2.75, 3.05) is 17.7 Å². The number of nitrogens with zero attached hydrogens (tertiary/aromatic N) is 1. The molecule has 0 radical (unpaired) electrons. The van der Waals surface area contributed by atoms with Gasteiger partial charge in [-0.3, -0.25) is 4.79 Å². The lowest BCUT2D eigenvalue weighted by molar-refractivity contribution is -0.118. The molecule has 0 saturated carbocycles. The van der Waals surface area contributed by atoms with Crippen LogP contribution >= 0.6 is 22.9 Å². The van der Waals surface area contributed by atoms with Crippen molar-refractivity contribution in [3.05, 3.63) is 87.9 Å². The minimum atomic E-state index is -3.97. The molecule has 2 heterocycles. The number of anilines is 1. The monoisotopic (exact) mass is 604 g/mol. The van der Waals surface area contributed by atoms with Gasteiger partial charge >= 0.3 is 0 Å². The van der Waals surface area contributed by atoms with Crippen molar-refractivity contribution in [1.82, 2.24) is 4.72 Å². The van der Waals surface area contributed by atoms with Crippen molar-refractivity contribution in [2.24, 2.45) is 0 Å². The number of amides is 1. The van der Waals surface area contributed by atoms with Crippen molar-refractivity contribution in [1.29, 1.82) is 0 Å². The fourth-order valence-corrected chi connectivity index (χ4v) is 7.71. The van der Waals surface area contributed by atoms with Gasteiger partial charge in [-0.1, -0.05) is 41.9 Å². The highest BCUT2D eigenvalue weighted by atomic mass is 35.5. The second kappa shape index (κ2) is 10.5. The number of rotatable bonds is 7. The van der Waals surface area contributed by atoms with E-state index in [0.717, 1.165) is 21.7 Å². The first-order chi connectivity index (χ1) is 18.4. The fourth-order valence-electron chi connectivity index (χ4n) is 4.45. The van der Waals surface area contributed by atoms with Crippen LogP contribution in [0.5, 0.6) is 0 Å². The normalized spacial score (nSPS) is 16.5. The molecule has 1 aliphatic heterocycles. The van der Waals surface area contributed by atoms with E-state index in [1.807, 2.05) is 12.1 Å². The number of carbonyl (C=O) groups is 1. The van der Waals surface area contributed by atoms with Crippen LogP contribution in [0.25, 0.3) is 27.3 Å². The van der Waals surface area contributed by atoms with Gasteiger partial charge in [-0.25, -0.2) is 21.2 Å². The van der Waals surface area contributed by atoms with Crippen molar-refractivity contribution in [3.63, 3.8) is 0 Å². The first-order valence-electron chi connectivity index (χ1n) is 11.7. The molecule has 1 saturated heterocycles. The van der Waals surface area contributed by atoms with Gasteiger partial charge in [0.1, 0.15) is 11.9 Å². The molecular formula is C27H22ClFN2O5S3. The quantitative estimate of drug-likeness (QED) is 0.302. The summed E-state index contributed by atoms with van der Waals surface area (Å²) in [7, 11) is -7.51. The van der Waals surface area contributed by atoms with Crippen LogP contribution in [-0.2, 0) is 24.7 Å². The Morgan fingerprint density at radius 1 is 1.05 bits per heavy atom. The molecule has 0 aliphatic carbocycles. The lowest BCUT2D eigenvalue weighted by atomic mass is 10.0. The van der Waals surface area contributed by atoms with Gasteiger partial charge in [0.25, 0.3) is 0 Å². The number of nitrogens with one attached hydrogen (secondary N) is 1. The summed E-state index contributed by atoms with van der Waals surface area (Å²) >= 11 is 7.39. The van der Waals surface area contributed by atoms with Gasteiger partial charge in [0.15, 0.2) is 9.84 Å². The van der Waals surface area contributed by atoms with Gasteiger partial charge in [-0.15, -0.1) is 11.3 Å². The van der Waals surface area contributed by atoms with E-state index in [-0.39, 0.29) is 23.5 Å². The van der Waals surface area contributed by atoms with Crippen LogP contribution < -0.4 is 9.62 Å². The van der Waals surface area contributed by atoms with E-state index in [1.165, 1.54) is 46.6 Å². The van der Waals surface area contributed by atoms with Crippen LogP contribution in [0.2, 0.25) is 5.02 Å². The summed E-state index contributed by atoms with van der Waals surface area (Å²) in [5, 5.41) is 2.52. The second-order valence-corrected chi connectivity index (χ2v) is 14.2. The van der Waals surface area contributed by atoms with Crippen LogP contribution in [0.4, 0.5) is 10.1 Å². The third-order valence-corrected chi connectivity index (χ3v) is 9.82. The fraction of sp³-hybridized carbons (Fsp3) is 0.148. The van der Waals surface area contributed by atoms with E-state index >= 15 is 4.39 Å². The number of sulfone groups is 1. The molecule has 1 amide bonds. The summed E-state index contributed by atoms with van der Waals surface area (Å²) in [5.41, 5.74) is 0.675. The van der Waals surface area contributed by atoms with E-state index in [0.29, 0.717) is 21.0 Å². The van der Waals surface area contributed by atoms with Crippen molar-refractivity contribution in [2.45, 2.75) is 17.4 Å². The van der Waals surface area contributed by atoms with Crippen LogP contribution in [0, 0.1) is 5.82 Å². The Bertz CT molecular complexity index is 1850. The van der Waals surface area contributed by atoms with Crippen LogP contribution in [0.1, 0.15) is 11.3 Å². The Morgan fingerprint density at radius 3 is 2.56 bits per heavy atom. The molecule has 1 aliphatic rings. The van der Waals surface area contributed by atoms with Crippen LogP contribution in [0.3, 0.4) is 0 Å². The maximum absolute atomic E-state index is 15.2. The molecule has 12 heteroatoms. The zero-order chi connectivity index (χ0) is 27.9. The smallest absolute Gasteiger partial charge is 0.245 e. The Morgan fingerprint density at radius 2 is 1.82 bits per heavy atom. The van der Waals surface area contributed by atoms with E-state index in [1.54, 1.807) is 30.3 Å². The Labute approximate surface area is 234 Å². The molecule has 5 rings (SSSR count). The summed E-state index contributed by atoms with van der Waals surface area (Å²) in [6.45, 7) is 0.114. The molecular weight excluding hydrogens is 583 g/mol. The molecule has 7 nitrogen and oxygen atoms in total. The largest absolute Gasteiger partial charge is 0.308 e. The van der Waals surface area contributed by atoms with Crippen molar-refractivity contribution in [3.8, 4) is 11.1 Å². The summed E-state index contributed by atoms with van der Waals surface area (Å²) in [6.07, 6.45) is 2.69. The zero-order valence-corrected chi connectivity index (χ0v) is 23.7. The number of hydrogen-bond donors (Lipinski definition) is 1. The minimum absolute atomic E-state index is 0.0123. The highest BCUT2D eigenvalue weighted by Crippen LogP contribution is 2.33. The number of halogens is 2. The second-order valence-electron chi connectivity index (χ2n) is 9.06. The highest BCUT2D eigenvalue weighted by molar-refractivity contribution is 7.92. The van der Waals surface area contributed by atoms with Crippen molar-refractivity contribution < 1.29 is 26.0 Å². The van der Waals surface area contributed by atoms with E-state index in [2.05, 4.69) is 4.72 Å². The van der Waals surface area contributed by atoms with Gasteiger partial charge in [0, 0.05) is 38.4 Å². The topological polar surface area (TPSA) is 101 Å². The molecule has 39 heavy (non-hydrogen) atoms. The number of carbonyl (C=O) groups excluding carboxylic acids is 1. The molecule has 202 valence electrons. The van der Waals surface area contributed by atoms with Gasteiger partial charge in [0.05, 0.1) is 10.6 Å². The lowest BCUT2D eigenvalue weighted by Crippen LogP contribution is -2.40. The van der Waals surface area contributed by atoms with Gasteiger partial charge < -0.3 is 4.90 Å². The number of hydrogen-bond acceptors (Lipinski definition) is 6. The minimum Gasteiger partial charge on any atom is -0.308 e. The summed E-state index contributed by atoms with van der Waals surface area (Å²) in [6, 6.07) is 16.6. The first kappa shape index (κ1) is 27.5. The average molecular weight is 605 g/mol. The highest BCUT2D eigenvalue weighted by Gasteiger charge is 2.36.